The third kappa shape index (κ3) is 2.12. The molecule has 10 heavy (non-hydrogen) atoms. The number of hydrogen-bond acceptors (Lipinski definition) is 4. The van der Waals surface area contributed by atoms with Crippen molar-refractivity contribution in [3.05, 3.63) is 16.6 Å². The molecule has 5 heteroatoms. The highest BCUT2D eigenvalue weighted by atomic mass is 32.1. The van der Waals surface area contributed by atoms with Crippen LogP contribution in [0.2, 0.25) is 0 Å². The van der Waals surface area contributed by atoms with Crippen LogP contribution in [0.3, 0.4) is 0 Å². The van der Waals surface area contributed by atoms with Crippen LogP contribution in [0.25, 0.3) is 0 Å². The number of aromatic nitrogens is 1. The molecule has 0 fully saturated rings. The van der Waals surface area contributed by atoms with Crippen molar-refractivity contribution in [1.29, 1.82) is 0 Å². The molecule has 0 aromatic carbocycles. The van der Waals surface area contributed by atoms with Crippen molar-refractivity contribution in [2.75, 3.05) is 0 Å². The topological polar surface area (TPSA) is 51.2 Å². The standard InChI is InChI=1S/C5H6N2O2S/c8-3-7-9-2-5-1-6-4-10-5/h1,3-4H,2H2,(H,7,8). The molecule has 1 aromatic heterocycles. The van der Waals surface area contributed by atoms with Gasteiger partial charge in [-0.2, -0.15) is 0 Å². The fourth-order valence-electron chi connectivity index (χ4n) is 0.460. The Hall–Kier alpha value is -0.940. The summed E-state index contributed by atoms with van der Waals surface area (Å²) in [5.41, 5.74) is 3.79. The Bertz CT molecular complexity index is 188. The Balaban J connectivity index is 2.21. The molecule has 0 spiro atoms. The van der Waals surface area contributed by atoms with Crippen LogP contribution >= 0.6 is 11.3 Å². The molecule has 1 N–H and O–H groups in total. The molecule has 0 saturated heterocycles. The molecule has 0 bridgehead atoms. The van der Waals surface area contributed by atoms with E-state index >= 15 is 0 Å². The van der Waals surface area contributed by atoms with Gasteiger partial charge in [0, 0.05) is 6.20 Å². The summed E-state index contributed by atoms with van der Waals surface area (Å²) in [4.78, 5) is 19.2. The van der Waals surface area contributed by atoms with Crippen molar-refractivity contribution in [1.82, 2.24) is 10.5 Å². The van der Waals surface area contributed by atoms with Gasteiger partial charge >= 0.3 is 0 Å². The van der Waals surface area contributed by atoms with E-state index in [1.54, 1.807) is 11.7 Å². The summed E-state index contributed by atoms with van der Waals surface area (Å²) in [5.74, 6) is 0. The van der Waals surface area contributed by atoms with Crippen LogP contribution < -0.4 is 5.48 Å². The first kappa shape index (κ1) is 7.17. The molecule has 0 aliphatic carbocycles. The van der Waals surface area contributed by atoms with Crippen LogP contribution in [0.15, 0.2) is 11.7 Å². The highest BCUT2D eigenvalue weighted by Gasteiger charge is 1.91. The van der Waals surface area contributed by atoms with Gasteiger partial charge in [0.15, 0.2) is 0 Å². The predicted molar refractivity (Wildman–Crippen MR) is 36.1 cm³/mol. The van der Waals surface area contributed by atoms with Crippen molar-refractivity contribution < 1.29 is 9.63 Å². The number of rotatable bonds is 4. The van der Waals surface area contributed by atoms with E-state index < -0.39 is 0 Å². The molecule has 1 aromatic rings. The van der Waals surface area contributed by atoms with Crippen molar-refractivity contribution >= 4 is 17.7 Å². The van der Waals surface area contributed by atoms with Gasteiger partial charge in [0.25, 0.3) is 0 Å². The first-order valence-electron chi connectivity index (χ1n) is 2.62. The second kappa shape index (κ2) is 3.97. The molecule has 1 amide bonds. The summed E-state index contributed by atoms with van der Waals surface area (Å²) < 4.78 is 0. The van der Waals surface area contributed by atoms with Crippen molar-refractivity contribution in [3.8, 4) is 0 Å². The lowest BCUT2D eigenvalue weighted by atomic mass is 10.6. The molecule has 0 unspecified atom stereocenters. The lowest BCUT2D eigenvalue weighted by molar-refractivity contribution is -0.121. The molecular weight excluding hydrogens is 152 g/mol. The van der Waals surface area contributed by atoms with E-state index in [1.165, 1.54) is 11.3 Å². The van der Waals surface area contributed by atoms with E-state index in [1.807, 2.05) is 0 Å². The number of hydrogen-bond donors (Lipinski definition) is 1. The van der Waals surface area contributed by atoms with Gasteiger partial charge in [-0.1, -0.05) is 0 Å². The Kier molecular flexibility index (Phi) is 2.85. The minimum Gasteiger partial charge on any atom is -0.277 e. The van der Waals surface area contributed by atoms with Gasteiger partial charge in [-0.3, -0.25) is 14.6 Å². The third-order valence-electron chi connectivity index (χ3n) is 0.829. The molecule has 4 nitrogen and oxygen atoms in total. The Morgan fingerprint density at radius 2 is 2.80 bits per heavy atom. The molecule has 54 valence electrons. The average molecular weight is 158 g/mol. The van der Waals surface area contributed by atoms with Crippen LogP contribution in [-0.4, -0.2) is 11.4 Å². The fourth-order valence-corrected chi connectivity index (χ4v) is 0.966. The van der Waals surface area contributed by atoms with Gasteiger partial charge in [-0.05, 0) is 0 Å². The highest BCUT2D eigenvalue weighted by molar-refractivity contribution is 7.09. The fraction of sp³-hybridized carbons (Fsp3) is 0.200. The zero-order valence-electron chi connectivity index (χ0n) is 5.11. The lowest BCUT2D eigenvalue weighted by Gasteiger charge is -1.94. The SMILES string of the molecule is O=CNOCc1cncs1. The van der Waals surface area contributed by atoms with Gasteiger partial charge in [0.05, 0.1) is 10.4 Å². The second-order valence-corrected chi connectivity index (χ2v) is 2.46. The number of hydroxylamine groups is 1. The largest absolute Gasteiger partial charge is 0.277 e. The van der Waals surface area contributed by atoms with E-state index in [-0.39, 0.29) is 0 Å². The smallest absolute Gasteiger partial charge is 0.230 e. The Morgan fingerprint density at radius 3 is 3.40 bits per heavy atom. The van der Waals surface area contributed by atoms with Crippen molar-refractivity contribution in [3.63, 3.8) is 0 Å². The van der Waals surface area contributed by atoms with Crippen LogP contribution in [0.1, 0.15) is 4.88 Å². The van der Waals surface area contributed by atoms with Gasteiger partial charge in [-0.25, -0.2) is 5.48 Å². The van der Waals surface area contributed by atoms with E-state index in [0.29, 0.717) is 13.0 Å². The maximum Gasteiger partial charge on any atom is 0.230 e. The minimum absolute atomic E-state index is 0.378. The van der Waals surface area contributed by atoms with Crippen LogP contribution in [-0.2, 0) is 16.2 Å². The molecule has 1 rings (SSSR count). The number of carbonyl (C=O) groups excluding carboxylic acids is 1. The van der Waals surface area contributed by atoms with Gasteiger partial charge in [0.2, 0.25) is 6.41 Å². The van der Waals surface area contributed by atoms with Gasteiger partial charge in [0.1, 0.15) is 6.61 Å². The molecule has 1 heterocycles. The first-order valence-corrected chi connectivity index (χ1v) is 3.50. The van der Waals surface area contributed by atoms with E-state index in [2.05, 4.69) is 15.3 Å². The summed E-state index contributed by atoms with van der Waals surface area (Å²) in [6.07, 6.45) is 2.18. The first-order chi connectivity index (χ1) is 4.93. The van der Waals surface area contributed by atoms with Crippen molar-refractivity contribution in [2.24, 2.45) is 0 Å². The van der Waals surface area contributed by atoms with Crippen LogP contribution in [0.4, 0.5) is 0 Å². The monoisotopic (exact) mass is 158 g/mol. The maximum absolute atomic E-state index is 9.69. The molecule has 0 atom stereocenters. The summed E-state index contributed by atoms with van der Waals surface area (Å²) >= 11 is 1.48. The number of nitrogens with zero attached hydrogens (tertiary/aromatic N) is 1. The summed E-state index contributed by atoms with van der Waals surface area (Å²) in [7, 11) is 0. The lowest BCUT2D eigenvalue weighted by Crippen LogP contribution is -2.10. The van der Waals surface area contributed by atoms with Gasteiger partial charge < -0.3 is 0 Å². The zero-order valence-corrected chi connectivity index (χ0v) is 5.93. The number of carbonyl (C=O) groups is 1. The Morgan fingerprint density at radius 1 is 1.90 bits per heavy atom. The summed E-state index contributed by atoms with van der Waals surface area (Å²) in [6, 6.07) is 0. The maximum atomic E-state index is 9.69. The third-order valence-corrected chi connectivity index (χ3v) is 1.58. The molecule has 0 radical (unpaired) electrons. The minimum atomic E-state index is 0.378. The Labute approximate surface area is 61.8 Å². The summed E-state index contributed by atoms with van der Waals surface area (Å²) in [6.45, 7) is 0.378. The van der Waals surface area contributed by atoms with E-state index in [4.69, 9.17) is 0 Å². The normalized spacial score (nSPS) is 9.20. The highest BCUT2D eigenvalue weighted by Crippen LogP contribution is 2.05. The molecular formula is C5H6N2O2S. The van der Waals surface area contributed by atoms with Crippen molar-refractivity contribution in [2.45, 2.75) is 6.61 Å². The van der Waals surface area contributed by atoms with E-state index in [9.17, 15) is 4.79 Å². The van der Waals surface area contributed by atoms with Crippen LogP contribution in [0.5, 0.6) is 0 Å². The van der Waals surface area contributed by atoms with Gasteiger partial charge in [-0.15, -0.1) is 11.3 Å². The number of amides is 1. The molecule has 0 aliphatic heterocycles. The quantitative estimate of drug-likeness (QED) is 0.390. The number of thiazole rings is 1. The zero-order chi connectivity index (χ0) is 7.23. The van der Waals surface area contributed by atoms with E-state index in [0.717, 1.165) is 4.88 Å². The average Bonchev–Trinajstić information content (AvgIpc) is 2.41. The van der Waals surface area contributed by atoms with Crippen LogP contribution in [0, 0.1) is 0 Å². The second-order valence-electron chi connectivity index (χ2n) is 1.49. The molecule has 0 aliphatic rings. The molecule has 0 saturated carbocycles. The number of nitrogens with one attached hydrogen (secondary N) is 1. The summed E-state index contributed by atoms with van der Waals surface area (Å²) in [5, 5.41) is 0. The predicted octanol–water partition coefficient (Wildman–Crippen LogP) is 0.321.